The van der Waals surface area contributed by atoms with Crippen molar-refractivity contribution in [2.45, 2.75) is 25.6 Å². The zero-order valence-corrected chi connectivity index (χ0v) is 13.1. The van der Waals surface area contributed by atoms with E-state index in [0.29, 0.717) is 6.54 Å². The number of β-amino-alcohol motifs (C(OH)–C–C–N with tert-alkyl or cyclic N) is 1. The number of aliphatic hydroxyl groups excluding tert-OH is 1. The van der Waals surface area contributed by atoms with Crippen molar-refractivity contribution in [1.82, 2.24) is 10.2 Å². The molecule has 1 aromatic rings. The predicted octanol–water partition coefficient (Wildman–Crippen LogP) is 1.12. The smallest absolute Gasteiger partial charge is 0.130 e. The van der Waals surface area contributed by atoms with Crippen LogP contribution in [-0.4, -0.2) is 61.5 Å². The summed E-state index contributed by atoms with van der Waals surface area (Å²) in [5.41, 5.74) is -0.639. The fraction of sp³-hybridized carbons (Fsp3) is 0.625. The highest BCUT2D eigenvalue weighted by atomic mass is 16.5. The molecule has 1 atom stereocenters. The third kappa shape index (κ3) is 4.59. The molecule has 0 spiro atoms. The van der Waals surface area contributed by atoms with E-state index in [0.717, 1.165) is 37.7 Å². The van der Waals surface area contributed by atoms with Crippen LogP contribution in [-0.2, 0) is 0 Å². The highest BCUT2D eigenvalue weighted by molar-refractivity contribution is 5.31. The monoisotopic (exact) mass is 294 g/mol. The normalized spacial score (nSPS) is 18.3. The van der Waals surface area contributed by atoms with Crippen molar-refractivity contribution in [2.24, 2.45) is 0 Å². The van der Waals surface area contributed by atoms with E-state index >= 15 is 0 Å². The van der Waals surface area contributed by atoms with Crippen LogP contribution in [0.25, 0.3) is 0 Å². The molecule has 0 aliphatic carbocycles. The molecule has 1 aliphatic heterocycles. The number of hydrogen-bond donors (Lipinski definition) is 2. The minimum absolute atomic E-state index is 0.544. The van der Waals surface area contributed by atoms with Gasteiger partial charge in [0.15, 0.2) is 0 Å². The highest BCUT2D eigenvalue weighted by Gasteiger charge is 2.31. The van der Waals surface area contributed by atoms with Crippen LogP contribution in [0.5, 0.6) is 11.5 Å². The van der Waals surface area contributed by atoms with E-state index in [4.69, 9.17) is 9.47 Å². The van der Waals surface area contributed by atoms with E-state index < -0.39 is 11.7 Å². The SMILES string of the molecule is COc1ccc(OC(C)(C)C(O)CN2CCNCC2)cc1. The molecular formula is C16H26N2O3. The van der Waals surface area contributed by atoms with E-state index in [1.165, 1.54) is 0 Å². The summed E-state index contributed by atoms with van der Waals surface area (Å²) in [5, 5.41) is 13.8. The molecule has 2 rings (SSSR count). The lowest BCUT2D eigenvalue weighted by molar-refractivity contribution is -0.0456. The summed E-state index contributed by atoms with van der Waals surface area (Å²) in [6, 6.07) is 7.43. The summed E-state index contributed by atoms with van der Waals surface area (Å²) in [5.74, 6) is 1.53. The van der Waals surface area contributed by atoms with Gasteiger partial charge in [-0.15, -0.1) is 0 Å². The van der Waals surface area contributed by atoms with Crippen LogP contribution in [0.2, 0.25) is 0 Å². The summed E-state index contributed by atoms with van der Waals surface area (Å²) in [7, 11) is 1.64. The van der Waals surface area contributed by atoms with Gasteiger partial charge in [-0.2, -0.15) is 0 Å². The molecular weight excluding hydrogens is 268 g/mol. The lowest BCUT2D eigenvalue weighted by Crippen LogP contribution is -2.52. The second kappa shape index (κ2) is 7.11. The largest absolute Gasteiger partial charge is 0.497 e. The van der Waals surface area contributed by atoms with Gasteiger partial charge in [-0.05, 0) is 38.1 Å². The van der Waals surface area contributed by atoms with Gasteiger partial charge in [0.25, 0.3) is 0 Å². The Morgan fingerprint density at radius 3 is 2.33 bits per heavy atom. The Morgan fingerprint density at radius 1 is 1.19 bits per heavy atom. The second-order valence-electron chi connectivity index (χ2n) is 5.95. The minimum atomic E-state index is -0.639. The first kappa shape index (κ1) is 16.1. The van der Waals surface area contributed by atoms with E-state index in [9.17, 15) is 5.11 Å². The van der Waals surface area contributed by atoms with Crippen LogP contribution in [0.4, 0.5) is 0 Å². The molecule has 0 aromatic heterocycles. The van der Waals surface area contributed by atoms with Gasteiger partial charge in [-0.1, -0.05) is 0 Å². The zero-order chi connectivity index (χ0) is 15.3. The van der Waals surface area contributed by atoms with Crippen LogP contribution in [0.15, 0.2) is 24.3 Å². The van der Waals surface area contributed by atoms with Crippen molar-refractivity contribution < 1.29 is 14.6 Å². The lowest BCUT2D eigenvalue weighted by atomic mass is 10.0. The highest BCUT2D eigenvalue weighted by Crippen LogP contribution is 2.24. The Balaban J connectivity index is 1.92. The molecule has 0 bridgehead atoms. The van der Waals surface area contributed by atoms with Crippen molar-refractivity contribution >= 4 is 0 Å². The Bertz CT molecular complexity index is 428. The molecule has 0 saturated carbocycles. The van der Waals surface area contributed by atoms with Gasteiger partial charge in [0.2, 0.25) is 0 Å². The Morgan fingerprint density at radius 2 is 1.76 bits per heavy atom. The molecule has 0 radical (unpaired) electrons. The number of rotatable bonds is 6. The van der Waals surface area contributed by atoms with Crippen LogP contribution in [0, 0.1) is 0 Å². The first-order valence-electron chi connectivity index (χ1n) is 7.45. The number of benzene rings is 1. The molecule has 21 heavy (non-hydrogen) atoms. The summed E-state index contributed by atoms with van der Waals surface area (Å²) in [4.78, 5) is 2.26. The number of ether oxygens (including phenoxy) is 2. The van der Waals surface area contributed by atoms with E-state index in [2.05, 4.69) is 10.2 Å². The van der Waals surface area contributed by atoms with Gasteiger partial charge < -0.3 is 19.9 Å². The van der Waals surface area contributed by atoms with E-state index in [-0.39, 0.29) is 0 Å². The summed E-state index contributed by atoms with van der Waals surface area (Å²) >= 11 is 0. The first-order chi connectivity index (χ1) is 10.0. The average Bonchev–Trinajstić information content (AvgIpc) is 2.48. The van der Waals surface area contributed by atoms with Crippen molar-refractivity contribution in [3.8, 4) is 11.5 Å². The Labute approximate surface area is 126 Å². The van der Waals surface area contributed by atoms with E-state index in [1.54, 1.807) is 7.11 Å². The van der Waals surface area contributed by atoms with Gasteiger partial charge in [-0.25, -0.2) is 0 Å². The van der Waals surface area contributed by atoms with Crippen molar-refractivity contribution in [3.63, 3.8) is 0 Å². The van der Waals surface area contributed by atoms with Crippen LogP contribution < -0.4 is 14.8 Å². The van der Waals surface area contributed by atoms with Gasteiger partial charge in [0.1, 0.15) is 23.2 Å². The lowest BCUT2D eigenvalue weighted by Gasteiger charge is -2.36. The number of aliphatic hydroxyl groups is 1. The molecule has 2 N–H and O–H groups in total. The molecule has 1 aliphatic rings. The number of nitrogens with one attached hydrogen (secondary N) is 1. The standard InChI is InChI=1S/C16H26N2O3/c1-16(2,15(19)12-18-10-8-17-9-11-18)21-14-6-4-13(20-3)5-7-14/h4-7,15,17,19H,8-12H2,1-3H3. The van der Waals surface area contributed by atoms with Crippen molar-refractivity contribution in [3.05, 3.63) is 24.3 Å². The van der Waals surface area contributed by atoms with Gasteiger partial charge in [-0.3, -0.25) is 4.90 Å². The number of nitrogens with zero attached hydrogens (tertiary/aromatic N) is 1. The van der Waals surface area contributed by atoms with Crippen molar-refractivity contribution in [1.29, 1.82) is 0 Å². The molecule has 5 nitrogen and oxygen atoms in total. The van der Waals surface area contributed by atoms with Crippen LogP contribution in [0.1, 0.15) is 13.8 Å². The van der Waals surface area contributed by atoms with E-state index in [1.807, 2.05) is 38.1 Å². The van der Waals surface area contributed by atoms with Gasteiger partial charge in [0.05, 0.1) is 7.11 Å². The summed E-state index contributed by atoms with van der Waals surface area (Å²) < 4.78 is 11.1. The first-order valence-corrected chi connectivity index (χ1v) is 7.45. The van der Waals surface area contributed by atoms with Gasteiger partial charge >= 0.3 is 0 Å². The molecule has 1 saturated heterocycles. The Hall–Kier alpha value is -1.30. The third-order valence-corrected chi connectivity index (χ3v) is 3.88. The minimum Gasteiger partial charge on any atom is -0.497 e. The summed E-state index contributed by atoms with van der Waals surface area (Å²) in [6.45, 7) is 8.36. The molecule has 1 aromatic carbocycles. The third-order valence-electron chi connectivity index (χ3n) is 3.88. The van der Waals surface area contributed by atoms with Crippen molar-refractivity contribution in [2.75, 3.05) is 39.8 Å². The maximum Gasteiger partial charge on any atom is 0.130 e. The second-order valence-corrected chi connectivity index (χ2v) is 5.95. The molecule has 118 valence electrons. The zero-order valence-electron chi connectivity index (χ0n) is 13.1. The predicted molar refractivity (Wildman–Crippen MR) is 83.0 cm³/mol. The molecule has 1 unspecified atom stereocenters. The molecule has 1 fully saturated rings. The Kier molecular flexibility index (Phi) is 5.45. The number of piperazine rings is 1. The van der Waals surface area contributed by atoms with Crippen LogP contribution in [0.3, 0.4) is 0 Å². The molecule has 1 heterocycles. The fourth-order valence-corrected chi connectivity index (χ4v) is 2.37. The molecule has 0 amide bonds. The summed E-state index contributed by atoms with van der Waals surface area (Å²) in [6.07, 6.45) is -0.544. The topological polar surface area (TPSA) is 54.0 Å². The van der Waals surface area contributed by atoms with Crippen LogP contribution >= 0.6 is 0 Å². The average molecular weight is 294 g/mol. The van der Waals surface area contributed by atoms with Gasteiger partial charge in [0, 0.05) is 32.7 Å². The number of hydrogen-bond acceptors (Lipinski definition) is 5. The molecule has 5 heteroatoms. The fourth-order valence-electron chi connectivity index (χ4n) is 2.37. The maximum absolute atomic E-state index is 10.5. The quantitative estimate of drug-likeness (QED) is 0.823. The number of methoxy groups -OCH3 is 1. The maximum atomic E-state index is 10.5.